The molecule has 2 aliphatic rings. The van der Waals surface area contributed by atoms with Crippen LogP contribution in [0.15, 0.2) is 6.07 Å². The van der Waals surface area contributed by atoms with Gasteiger partial charge in [0.05, 0.1) is 0 Å². The minimum atomic E-state index is 0.0589. The molecule has 1 aromatic rings. The summed E-state index contributed by atoms with van der Waals surface area (Å²) in [6.07, 6.45) is 4.36. The Morgan fingerprint density at radius 2 is 2.17 bits per heavy atom. The molecule has 2 N–H and O–H groups in total. The molecular formula is C14H18ClNO2. The van der Waals surface area contributed by atoms with Crippen molar-refractivity contribution in [3.63, 3.8) is 0 Å². The SMILES string of the molecule is CCc1c2c(cc(Cl)c1C1(CN)CCC1)OCO2. The van der Waals surface area contributed by atoms with Crippen molar-refractivity contribution >= 4 is 11.6 Å². The van der Waals surface area contributed by atoms with E-state index in [1.54, 1.807) is 0 Å². The molecule has 3 nitrogen and oxygen atoms in total. The van der Waals surface area contributed by atoms with Crippen LogP contribution in [0.2, 0.25) is 5.02 Å². The molecule has 98 valence electrons. The second kappa shape index (κ2) is 4.32. The molecule has 1 aliphatic carbocycles. The summed E-state index contributed by atoms with van der Waals surface area (Å²) in [6.45, 7) is 3.07. The van der Waals surface area contributed by atoms with E-state index in [2.05, 4.69) is 6.92 Å². The molecule has 0 amide bonds. The highest BCUT2D eigenvalue weighted by Crippen LogP contribution is 2.52. The maximum Gasteiger partial charge on any atom is 0.231 e. The van der Waals surface area contributed by atoms with Crippen LogP contribution in [0, 0.1) is 0 Å². The molecule has 4 heteroatoms. The van der Waals surface area contributed by atoms with E-state index in [1.807, 2.05) is 6.07 Å². The van der Waals surface area contributed by atoms with Gasteiger partial charge in [-0.3, -0.25) is 0 Å². The standard InChI is InChI=1S/C14H18ClNO2/c1-2-9-12(14(7-16)4-3-5-14)10(15)6-11-13(9)18-8-17-11/h6H,2-5,7-8,16H2,1H3. The van der Waals surface area contributed by atoms with Gasteiger partial charge in [-0.15, -0.1) is 0 Å². The Labute approximate surface area is 112 Å². The lowest BCUT2D eigenvalue weighted by Gasteiger charge is -2.43. The van der Waals surface area contributed by atoms with E-state index in [9.17, 15) is 0 Å². The molecule has 0 radical (unpaired) electrons. The first-order chi connectivity index (χ1) is 8.72. The number of rotatable bonds is 3. The Bertz CT molecular complexity index is 478. The zero-order valence-corrected chi connectivity index (χ0v) is 11.3. The Balaban J connectivity index is 2.19. The Morgan fingerprint density at radius 3 is 2.72 bits per heavy atom. The quantitative estimate of drug-likeness (QED) is 0.916. The van der Waals surface area contributed by atoms with Crippen LogP contribution in [0.5, 0.6) is 11.5 Å². The zero-order chi connectivity index (χ0) is 12.8. The molecule has 0 aromatic heterocycles. The van der Waals surface area contributed by atoms with Crippen molar-refractivity contribution in [3.05, 3.63) is 22.2 Å². The first kappa shape index (κ1) is 12.1. The first-order valence-electron chi connectivity index (χ1n) is 6.53. The monoisotopic (exact) mass is 267 g/mol. The molecule has 1 aliphatic heterocycles. The molecule has 0 atom stereocenters. The molecule has 0 saturated heterocycles. The number of hydrogen-bond acceptors (Lipinski definition) is 3. The van der Waals surface area contributed by atoms with Crippen molar-refractivity contribution in [3.8, 4) is 11.5 Å². The van der Waals surface area contributed by atoms with Gasteiger partial charge in [0.15, 0.2) is 11.5 Å². The van der Waals surface area contributed by atoms with E-state index in [1.165, 1.54) is 17.5 Å². The van der Waals surface area contributed by atoms with E-state index in [0.717, 1.165) is 35.8 Å². The molecule has 3 rings (SSSR count). The van der Waals surface area contributed by atoms with Gasteiger partial charge in [-0.2, -0.15) is 0 Å². The van der Waals surface area contributed by atoms with Gasteiger partial charge in [0, 0.05) is 28.6 Å². The predicted octanol–water partition coefficient (Wildman–Crippen LogP) is 3.01. The molecule has 1 saturated carbocycles. The van der Waals surface area contributed by atoms with Crippen LogP contribution in [0.4, 0.5) is 0 Å². The number of benzene rings is 1. The highest BCUT2D eigenvalue weighted by molar-refractivity contribution is 6.32. The number of hydrogen-bond donors (Lipinski definition) is 1. The van der Waals surface area contributed by atoms with Crippen LogP contribution in [0.25, 0.3) is 0 Å². The van der Waals surface area contributed by atoms with Crippen molar-refractivity contribution < 1.29 is 9.47 Å². The molecule has 18 heavy (non-hydrogen) atoms. The van der Waals surface area contributed by atoms with Crippen LogP contribution in [-0.4, -0.2) is 13.3 Å². The minimum absolute atomic E-state index is 0.0589. The summed E-state index contributed by atoms with van der Waals surface area (Å²) >= 11 is 6.48. The fourth-order valence-electron chi connectivity index (χ4n) is 3.15. The van der Waals surface area contributed by atoms with E-state index >= 15 is 0 Å². The van der Waals surface area contributed by atoms with Crippen molar-refractivity contribution in [2.75, 3.05) is 13.3 Å². The summed E-state index contributed by atoms with van der Waals surface area (Å²) in [6, 6.07) is 1.88. The summed E-state index contributed by atoms with van der Waals surface area (Å²) in [4.78, 5) is 0. The van der Waals surface area contributed by atoms with Crippen molar-refractivity contribution in [2.45, 2.75) is 38.0 Å². The first-order valence-corrected chi connectivity index (χ1v) is 6.91. The number of fused-ring (bicyclic) bond motifs is 1. The normalized spacial score (nSPS) is 19.7. The fourth-order valence-corrected chi connectivity index (χ4v) is 3.56. The van der Waals surface area contributed by atoms with E-state index in [4.69, 9.17) is 26.8 Å². The van der Waals surface area contributed by atoms with Crippen molar-refractivity contribution in [1.82, 2.24) is 0 Å². The molecule has 1 fully saturated rings. The van der Waals surface area contributed by atoms with Gasteiger partial charge in [-0.25, -0.2) is 0 Å². The Kier molecular flexibility index (Phi) is 2.91. The smallest absolute Gasteiger partial charge is 0.231 e. The Hall–Kier alpha value is -0.930. The molecule has 0 bridgehead atoms. The van der Waals surface area contributed by atoms with E-state index < -0.39 is 0 Å². The predicted molar refractivity (Wildman–Crippen MR) is 71.5 cm³/mol. The lowest BCUT2D eigenvalue weighted by Crippen LogP contribution is -2.42. The minimum Gasteiger partial charge on any atom is -0.454 e. The number of nitrogens with two attached hydrogens (primary N) is 1. The van der Waals surface area contributed by atoms with Crippen LogP contribution in [-0.2, 0) is 11.8 Å². The molecule has 0 unspecified atom stereocenters. The van der Waals surface area contributed by atoms with Crippen LogP contribution in [0.1, 0.15) is 37.3 Å². The van der Waals surface area contributed by atoms with Gasteiger partial charge in [-0.1, -0.05) is 24.9 Å². The van der Waals surface area contributed by atoms with Gasteiger partial charge in [-0.05, 0) is 24.8 Å². The average Bonchev–Trinajstić information content (AvgIpc) is 2.76. The van der Waals surface area contributed by atoms with Crippen molar-refractivity contribution in [2.24, 2.45) is 5.73 Å². The fraction of sp³-hybridized carbons (Fsp3) is 0.571. The second-order valence-corrected chi connectivity index (χ2v) is 5.54. The van der Waals surface area contributed by atoms with Gasteiger partial charge < -0.3 is 15.2 Å². The van der Waals surface area contributed by atoms with Crippen LogP contribution >= 0.6 is 11.6 Å². The molecular weight excluding hydrogens is 250 g/mol. The van der Waals surface area contributed by atoms with Crippen molar-refractivity contribution in [1.29, 1.82) is 0 Å². The van der Waals surface area contributed by atoms with E-state index in [-0.39, 0.29) is 12.2 Å². The maximum absolute atomic E-state index is 6.48. The van der Waals surface area contributed by atoms with E-state index in [0.29, 0.717) is 6.54 Å². The van der Waals surface area contributed by atoms with Crippen LogP contribution < -0.4 is 15.2 Å². The number of halogens is 1. The summed E-state index contributed by atoms with van der Waals surface area (Å²) < 4.78 is 11.0. The largest absolute Gasteiger partial charge is 0.454 e. The van der Waals surface area contributed by atoms with Gasteiger partial charge in [0.1, 0.15) is 0 Å². The summed E-state index contributed by atoms with van der Waals surface area (Å²) in [5, 5.41) is 0.779. The Morgan fingerprint density at radius 1 is 1.39 bits per heavy atom. The lowest BCUT2D eigenvalue weighted by molar-refractivity contribution is 0.173. The van der Waals surface area contributed by atoms with Crippen LogP contribution in [0.3, 0.4) is 0 Å². The summed E-state index contributed by atoms with van der Waals surface area (Å²) in [5.74, 6) is 1.64. The average molecular weight is 268 g/mol. The highest BCUT2D eigenvalue weighted by atomic mass is 35.5. The second-order valence-electron chi connectivity index (χ2n) is 5.14. The number of ether oxygens (including phenoxy) is 2. The third-order valence-electron chi connectivity index (χ3n) is 4.30. The summed E-state index contributed by atoms with van der Waals surface area (Å²) in [5.41, 5.74) is 8.45. The lowest BCUT2D eigenvalue weighted by atomic mass is 9.63. The molecule has 0 spiro atoms. The van der Waals surface area contributed by atoms with Gasteiger partial charge in [0.25, 0.3) is 0 Å². The third kappa shape index (κ3) is 1.54. The highest BCUT2D eigenvalue weighted by Gasteiger charge is 2.42. The third-order valence-corrected chi connectivity index (χ3v) is 4.60. The zero-order valence-electron chi connectivity index (χ0n) is 10.6. The maximum atomic E-state index is 6.48. The van der Waals surface area contributed by atoms with Gasteiger partial charge >= 0.3 is 0 Å². The van der Waals surface area contributed by atoms with Gasteiger partial charge in [0.2, 0.25) is 6.79 Å². The molecule has 1 aromatic carbocycles. The topological polar surface area (TPSA) is 44.5 Å². The molecule has 1 heterocycles. The summed E-state index contributed by atoms with van der Waals surface area (Å²) in [7, 11) is 0.